The summed E-state index contributed by atoms with van der Waals surface area (Å²) in [5.41, 5.74) is 2.58. The lowest BCUT2D eigenvalue weighted by Gasteiger charge is -2.39. The van der Waals surface area contributed by atoms with Crippen LogP contribution in [-0.2, 0) is 34.2 Å². The van der Waals surface area contributed by atoms with Crippen LogP contribution in [0.5, 0.6) is 0 Å². The number of carbonyl (C=O) groups is 4. The van der Waals surface area contributed by atoms with Gasteiger partial charge in [0.1, 0.15) is 17.0 Å². The Morgan fingerprint density at radius 2 is 1.45 bits per heavy atom. The summed E-state index contributed by atoms with van der Waals surface area (Å²) in [4.78, 5) is 70.0. The number of piperazine rings is 2. The fraction of sp³-hybridized carbons (Fsp3) is 0.473. The summed E-state index contributed by atoms with van der Waals surface area (Å²) in [7, 11) is -11.1. The Morgan fingerprint density at radius 1 is 0.802 bits per heavy atom. The fourth-order valence-corrected chi connectivity index (χ4v) is 17.6. The van der Waals surface area contributed by atoms with Gasteiger partial charge >= 0.3 is 5.51 Å². The third-order valence-electron chi connectivity index (χ3n) is 19.5. The first-order chi connectivity index (χ1) is 47.8. The van der Waals surface area contributed by atoms with Crippen LogP contribution in [0.1, 0.15) is 120 Å². The minimum absolute atomic E-state index is 0.0346. The van der Waals surface area contributed by atoms with E-state index in [9.17, 15) is 54.3 Å². The van der Waals surface area contributed by atoms with Crippen molar-refractivity contribution in [3.05, 3.63) is 160 Å². The van der Waals surface area contributed by atoms with Crippen LogP contribution in [0.15, 0.2) is 147 Å². The maximum atomic E-state index is 14.6. The van der Waals surface area contributed by atoms with E-state index in [4.69, 9.17) is 11.6 Å². The molecule has 19 nitrogen and oxygen atoms in total. The second-order valence-corrected chi connectivity index (χ2v) is 34.7. The summed E-state index contributed by atoms with van der Waals surface area (Å²) >= 11 is 9.19. The molecule has 0 saturated carbocycles. The predicted octanol–water partition coefficient (Wildman–Crippen LogP) is 11.7. The van der Waals surface area contributed by atoms with Crippen molar-refractivity contribution >= 4 is 95.1 Å². The Balaban J connectivity index is 0.716. The van der Waals surface area contributed by atoms with Gasteiger partial charge in [0.05, 0.1) is 38.8 Å². The van der Waals surface area contributed by atoms with Gasteiger partial charge in [0.15, 0.2) is 0 Å². The van der Waals surface area contributed by atoms with E-state index in [-0.39, 0.29) is 42.0 Å². The number of aryl methyl sites for hydroxylation is 1. The molecule has 6 aromatic rings. The van der Waals surface area contributed by atoms with Crippen molar-refractivity contribution in [3.63, 3.8) is 0 Å². The van der Waals surface area contributed by atoms with Gasteiger partial charge in [-0.25, -0.2) is 26.5 Å². The maximum absolute atomic E-state index is 14.6. The minimum atomic E-state index is -6.17. The number of hydrogen-bond donors (Lipinski definition) is 5. The molecule has 5 aromatic carbocycles. The van der Waals surface area contributed by atoms with E-state index in [1.807, 2.05) is 106 Å². The number of sulfone groups is 1. The number of sulfonamides is 1. The molecular weight excluding hydrogens is 1390 g/mol. The first kappa shape index (κ1) is 76.8. The molecule has 0 unspecified atom stereocenters. The number of aromatic nitrogens is 1. The molecule has 544 valence electrons. The fourth-order valence-electron chi connectivity index (χ4n) is 13.6. The molecule has 4 amide bonds. The number of aliphatic hydroxyl groups is 1. The number of rotatable bonds is 26. The molecule has 5 atom stereocenters. The molecule has 1 aromatic heterocycles. The summed E-state index contributed by atoms with van der Waals surface area (Å²) in [6, 6.07) is 31.0. The number of β-amino-alcohol motifs (C(OH)–C–C–N with tert-alkyl or cyclic N) is 1. The first-order valence-electron chi connectivity index (χ1n) is 34.4. The number of allylic oxidation sites excluding steroid dienone is 1. The van der Waals surface area contributed by atoms with Crippen LogP contribution < -0.4 is 25.6 Å². The van der Waals surface area contributed by atoms with E-state index < -0.39 is 94.3 Å². The molecule has 0 spiro atoms. The van der Waals surface area contributed by atoms with Gasteiger partial charge < -0.3 is 40.7 Å². The number of hydrogen-bond acceptors (Lipinski definition) is 17. The lowest BCUT2D eigenvalue weighted by atomic mass is 9.73. The van der Waals surface area contributed by atoms with Crippen LogP contribution in [0.25, 0.3) is 16.0 Å². The van der Waals surface area contributed by atoms with E-state index in [1.165, 1.54) is 45.5 Å². The van der Waals surface area contributed by atoms with Gasteiger partial charge in [-0.3, -0.25) is 24.1 Å². The molecule has 4 heterocycles. The van der Waals surface area contributed by atoms with Gasteiger partial charge in [0.25, 0.3) is 25.8 Å². The molecule has 3 fully saturated rings. The smallest absolute Gasteiger partial charge is 0.391 e. The van der Waals surface area contributed by atoms with Gasteiger partial charge in [-0.05, 0) is 152 Å². The molecule has 3 aliphatic heterocycles. The largest absolute Gasteiger partial charge is 0.501 e. The van der Waals surface area contributed by atoms with Crippen LogP contribution >= 0.6 is 34.7 Å². The second kappa shape index (κ2) is 32.8. The average Bonchev–Trinajstić information content (AvgIpc) is 1.40. The number of halogens is 4. The molecule has 101 heavy (non-hydrogen) atoms. The van der Waals surface area contributed by atoms with Crippen LogP contribution in [0.3, 0.4) is 0 Å². The van der Waals surface area contributed by atoms with E-state index >= 15 is 0 Å². The normalized spacial score (nSPS) is 19.2. The highest BCUT2D eigenvalue weighted by molar-refractivity contribution is 7.99. The Labute approximate surface area is 605 Å². The highest BCUT2D eigenvalue weighted by atomic mass is 35.5. The number of anilines is 2. The molecule has 5 N–H and O–H groups in total. The van der Waals surface area contributed by atoms with Crippen LogP contribution in [0.4, 0.5) is 24.5 Å². The van der Waals surface area contributed by atoms with Crippen molar-refractivity contribution in [3.8, 4) is 10.4 Å². The van der Waals surface area contributed by atoms with Crippen molar-refractivity contribution in [2.24, 2.45) is 10.8 Å². The summed E-state index contributed by atoms with van der Waals surface area (Å²) < 4.78 is 100. The number of carbonyl (C=O) groups excluding carboxylic acids is 4. The van der Waals surface area contributed by atoms with Crippen LogP contribution in [0, 0.1) is 17.8 Å². The highest BCUT2D eigenvalue weighted by Gasteiger charge is 2.49. The van der Waals surface area contributed by atoms with Crippen LogP contribution in [0.2, 0.25) is 5.02 Å². The molecular formula is C74H92ClF3N10O9S4. The topological polar surface area (TPSA) is 234 Å². The zero-order valence-corrected chi connectivity index (χ0v) is 62.2. The summed E-state index contributed by atoms with van der Waals surface area (Å²) in [6.07, 6.45) is 3.15. The van der Waals surface area contributed by atoms with Crippen LogP contribution in [-0.4, -0.2) is 184 Å². The van der Waals surface area contributed by atoms with Gasteiger partial charge in [0.2, 0.25) is 17.7 Å². The molecule has 0 radical (unpaired) electrons. The predicted molar refractivity (Wildman–Crippen MR) is 393 cm³/mol. The number of nitrogens with zero attached hydrogens (tertiary/aromatic N) is 6. The van der Waals surface area contributed by atoms with Gasteiger partial charge in [0, 0.05) is 118 Å². The molecule has 27 heteroatoms. The van der Waals surface area contributed by atoms with Crippen molar-refractivity contribution in [1.82, 2.24) is 39.9 Å². The second-order valence-electron chi connectivity index (χ2n) is 28.7. The molecule has 4 aliphatic rings. The Kier molecular flexibility index (Phi) is 25.0. The highest BCUT2D eigenvalue weighted by Crippen LogP contribution is 2.44. The average molecular weight is 1490 g/mol. The summed E-state index contributed by atoms with van der Waals surface area (Å²) in [6.45, 7) is 21.2. The van der Waals surface area contributed by atoms with E-state index in [2.05, 4.69) is 66.5 Å². The molecule has 0 bridgehead atoms. The number of aliphatic hydroxyl groups excluding tert-OH is 1. The molecule has 10 rings (SSSR count). The van der Waals surface area contributed by atoms with Gasteiger partial charge in [-0.1, -0.05) is 106 Å². The Hall–Kier alpha value is -6.88. The number of amides is 4. The van der Waals surface area contributed by atoms with Crippen molar-refractivity contribution in [1.29, 1.82) is 0 Å². The quantitative estimate of drug-likeness (QED) is 0.0318. The van der Waals surface area contributed by atoms with Crippen molar-refractivity contribution in [2.75, 3.05) is 94.5 Å². The molecule has 1 aliphatic carbocycles. The lowest BCUT2D eigenvalue weighted by Crippen LogP contribution is -2.57. The Morgan fingerprint density at radius 3 is 2.08 bits per heavy atom. The SMILES string of the molecule is Cc1ncsc1-c1ccc([C@H](C)NC(=O)[C@@H]2C[C@@H](O)CN2C(=O)[C@@H](NC(=O)CCCN2CCN(CC[C@H](CSc3ccccc3)Nc3ccc(S(=O)(=O)NC(=O)c4ccc(N5CCN(CC6=C(c7ccc(Cl)cc7)CCC(C)(C)C6)CC5)cc4)cc3S(=O)(=O)C(F)(F)F)CC2)C(C)(C)C)cc1. The van der Waals surface area contributed by atoms with Crippen molar-refractivity contribution in [2.45, 2.75) is 144 Å². The number of nitrogens with one attached hydrogen (secondary N) is 4. The Bertz CT molecular complexity index is 4150. The number of alkyl halides is 3. The lowest BCUT2D eigenvalue weighted by molar-refractivity contribution is -0.144. The zero-order chi connectivity index (χ0) is 72.6. The van der Waals surface area contributed by atoms with Crippen molar-refractivity contribution < 1.29 is 54.3 Å². The standard InChI is InChI=1S/C74H92ClF3N10O9S4/c1-49(51-15-17-53(18-16-51)67-50(2)79-48-99-67)80-70(92)64-42-59(89)46-88(64)71(93)68(72(3,4)5)82-66(90)14-11-32-84-34-36-85(37-35-84)33-30-57(47-98-60-12-9-8-10-13-60)81-63-28-27-61(43-65(63)100(94,95)74(76,77)78)101(96,97)83-69(91)54-21-25-58(26-22-54)87-40-38-86(39-41-87)45-55-44-73(6,7)31-29-62(55)52-19-23-56(75)24-20-52/h8-10,12-13,15-28,43,48-49,57,59,64,68,81,89H,11,14,29-42,44-47H2,1-7H3,(H,80,92)(H,82,90)(H,83,91)/t49-,57+,59+,64-,68+/m0/s1. The van der Waals surface area contributed by atoms with E-state index in [1.54, 1.807) is 29.0 Å². The summed E-state index contributed by atoms with van der Waals surface area (Å²) in [5.74, 6) is -1.97. The molecule has 3 saturated heterocycles. The van der Waals surface area contributed by atoms with E-state index in [0.29, 0.717) is 76.3 Å². The third kappa shape index (κ3) is 19.9. The number of benzene rings is 5. The monoisotopic (exact) mass is 1480 g/mol. The maximum Gasteiger partial charge on any atom is 0.501 e. The first-order valence-corrected chi connectivity index (χ1v) is 39.6. The van der Waals surface area contributed by atoms with Gasteiger partial charge in [-0.15, -0.1) is 23.1 Å². The summed E-state index contributed by atoms with van der Waals surface area (Å²) in [5, 5.41) is 20.5. The third-order valence-corrected chi connectivity index (χ3v) is 24.7. The number of likely N-dealkylation sites (tertiary alicyclic amines) is 1. The van der Waals surface area contributed by atoms with E-state index in [0.717, 1.165) is 83.3 Å². The number of thioether (sulfide) groups is 1. The van der Waals surface area contributed by atoms with Gasteiger partial charge in [-0.2, -0.15) is 13.2 Å². The zero-order valence-electron chi connectivity index (χ0n) is 58.2. The number of thiazole rings is 1. The minimum Gasteiger partial charge on any atom is -0.391 e.